The highest BCUT2D eigenvalue weighted by Gasteiger charge is 2.08. The van der Waals surface area contributed by atoms with Crippen LogP contribution in [0.25, 0.3) is 0 Å². The Hall–Kier alpha value is -0.380. The van der Waals surface area contributed by atoms with Crippen LogP contribution in [0.15, 0.2) is 17.5 Å². The molecule has 1 unspecified atom stereocenters. The fourth-order valence-electron chi connectivity index (χ4n) is 0.755. The van der Waals surface area contributed by atoms with Crippen LogP contribution in [-0.2, 0) is 4.74 Å². The molecule has 0 fully saturated rings. The Morgan fingerprint density at radius 3 is 3.00 bits per heavy atom. The Balaban J connectivity index is 2.64. The third-order valence-corrected chi connectivity index (χ3v) is 2.28. The van der Waals surface area contributed by atoms with Crippen LogP contribution in [-0.4, -0.2) is 18.8 Å². The summed E-state index contributed by atoms with van der Waals surface area (Å²) >= 11 is 1.60. The maximum atomic E-state index is 8.78. The monoisotopic (exact) mass is 158 g/mol. The van der Waals surface area contributed by atoms with Gasteiger partial charge in [-0.05, 0) is 11.4 Å². The average Bonchev–Trinajstić information content (AvgIpc) is 2.43. The molecule has 0 aliphatic heterocycles. The summed E-state index contributed by atoms with van der Waals surface area (Å²) in [5.41, 5.74) is 0. The first kappa shape index (κ1) is 7.72. The van der Waals surface area contributed by atoms with E-state index in [0.29, 0.717) is 0 Å². The minimum atomic E-state index is -0.139. The summed E-state index contributed by atoms with van der Waals surface area (Å²) in [5, 5.41) is 10.7. The predicted octanol–water partition coefficient (Wildman–Crippen LogP) is 1.43. The normalized spacial score (nSPS) is 13.4. The summed E-state index contributed by atoms with van der Waals surface area (Å²) in [6.07, 6.45) is -0.139. The lowest BCUT2D eigenvalue weighted by atomic mass is 10.3. The maximum absolute atomic E-state index is 8.78. The second-order valence-electron chi connectivity index (χ2n) is 1.92. The third kappa shape index (κ3) is 1.56. The summed E-state index contributed by atoms with van der Waals surface area (Å²) < 4.78 is 5.00. The number of aliphatic hydroxyl groups is 1. The standard InChI is InChI=1S/C7H10O2S/c1-9-6(5-8)7-3-2-4-10-7/h2-4,6,8H,5H2,1H3. The Morgan fingerprint density at radius 2 is 2.60 bits per heavy atom. The molecule has 10 heavy (non-hydrogen) atoms. The number of ether oxygens (including phenoxy) is 1. The number of rotatable bonds is 3. The van der Waals surface area contributed by atoms with Gasteiger partial charge in [-0.15, -0.1) is 11.3 Å². The first-order valence-electron chi connectivity index (χ1n) is 3.05. The minimum Gasteiger partial charge on any atom is -0.393 e. The van der Waals surface area contributed by atoms with Crippen molar-refractivity contribution < 1.29 is 9.84 Å². The molecule has 0 aliphatic rings. The summed E-state index contributed by atoms with van der Waals surface area (Å²) in [6, 6.07) is 3.90. The maximum Gasteiger partial charge on any atom is 0.114 e. The van der Waals surface area contributed by atoms with Crippen molar-refractivity contribution in [3.8, 4) is 0 Å². The highest BCUT2D eigenvalue weighted by Crippen LogP contribution is 2.20. The van der Waals surface area contributed by atoms with Crippen LogP contribution < -0.4 is 0 Å². The molecule has 1 heterocycles. The van der Waals surface area contributed by atoms with Crippen molar-refractivity contribution in [2.45, 2.75) is 6.10 Å². The van der Waals surface area contributed by atoms with Gasteiger partial charge < -0.3 is 9.84 Å². The van der Waals surface area contributed by atoms with Gasteiger partial charge in [-0.3, -0.25) is 0 Å². The molecule has 0 aliphatic carbocycles. The summed E-state index contributed by atoms with van der Waals surface area (Å²) in [4.78, 5) is 1.07. The Morgan fingerprint density at radius 1 is 1.80 bits per heavy atom. The summed E-state index contributed by atoms with van der Waals surface area (Å²) in [7, 11) is 1.60. The Bertz CT molecular complexity index is 168. The molecule has 0 saturated heterocycles. The molecule has 0 saturated carbocycles. The van der Waals surface area contributed by atoms with Crippen molar-refractivity contribution in [3.05, 3.63) is 22.4 Å². The lowest BCUT2D eigenvalue weighted by molar-refractivity contribution is 0.0509. The van der Waals surface area contributed by atoms with E-state index in [9.17, 15) is 0 Å². The number of hydrogen-bond donors (Lipinski definition) is 1. The third-order valence-electron chi connectivity index (χ3n) is 1.31. The van der Waals surface area contributed by atoms with Crippen LogP contribution >= 0.6 is 11.3 Å². The predicted molar refractivity (Wildman–Crippen MR) is 41.2 cm³/mol. The summed E-state index contributed by atoms with van der Waals surface area (Å²) in [6.45, 7) is 0.0526. The highest BCUT2D eigenvalue weighted by molar-refractivity contribution is 7.10. The molecule has 3 heteroatoms. The Labute approximate surface area is 64.1 Å². The smallest absolute Gasteiger partial charge is 0.114 e. The molecule has 0 amide bonds. The van der Waals surface area contributed by atoms with Gasteiger partial charge in [0.2, 0.25) is 0 Å². The first-order valence-corrected chi connectivity index (χ1v) is 3.93. The zero-order valence-corrected chi connectivity index (χ0v) is 6.60. The van der Waals surface area contributed by atoms with E-state index < -0.39 is 0 Å². The van der Waals surface area contributed by atoms with Gasteiger partial charge in [0.05, 0.1) is 6.61 Å². The Kier molecular flexibility index (Phi) is 2.86. The molecule has 1 atom stereocenters. The molecule has 1 aromatic heterocycles. The van der Waals surface area contributed by atoms with Gasteiger partial charge in [0, 0.05) is 12.0 Å². The van der Waals surface area contributed by atoms with Crippen LogP contribution in [0.5, 0.6) is 0 Å². The van der Waals surface area contributed by atoms with Crippen molar-refractivity contribution in [2.75, 3.05) is 13.7 Å². The zero-order chi connectivity index (χ0) is 7.40. The minimum absolute atomic E-state index is 0.0526. The largest absolute Gasteiger partial charge is 0.393 e. The van der Waals surface area contributed by atoms with Gasteiger partial charge in [-0.25, -0.2) is 0 Å². The molecule has 0 aromatic carbocycles. The second-order valence-corrected chi connectivity index (χ2v) is 2.90. The number of hydrogen-bond acceptors (Lipinski definition) is 3. The van der Waals surface area contributed by atoms with Gasteiger partial charge in [-0.1, -0.05) is 6.07 Å². The van der Waals surface area contributed by atoms with Crippen molar-refractivity contribution in [3.63, 3.8) is 0 Å². The SMILES string of the molecule is COC(CO)c1cccs1. The van der Waals surface area contributed by atoms with Gasteiger partial charge in [0.25, 0.3) is 0 Å². The fourth-order valence-corrected chi connectivity index (χ4v) is 1.55. The number of aliphatic hydroxyl groups excluding tert-OH is 1. The topological polar surface area (TPSA) is 29.5 Å². The van der Waals surface area contributed by atoms with E-state index in [-0.39, 0.29) is 12.7 Å². The average molecular weight is 158 g/mol. The van der Waals surface area contributed by atoms with E-state index in [1.54, 1.807) is 18.4 Å². The van der Waals surface area contributed by atoms with Crippen LogP contribution in [0.1, 0.15) is 11.0 Å². The molecule has 0 radical (unpaired) electrons. The molecule has 0 spiro atoms. The van der Waals surface area contributed by atoms with Crippen LogP contribution in [0, 0.1) is 0 Å². The van der Waals surface area contributed by atoms with Gasteiger partial charge >= 0.3 is 0 Å². The van der Waals surface area contributed by atoms with Gasteiger partial charge in [0.15, 0.2) is 0 Å². The van der Waals surface area contributed by atoms with Crippen molar-refractivity contribution in [1.82, 2.24) is 0 Å². The summed E-state index contributed by atoms with van der Waals surface area (Å²) in [5.74, 6) is 0. The quantitative estimate of drug-likeness (QED) is 0.721. The molecule has 1 rings (SSSR count). The lowest BCUT2D eigenvalue weighted by Crippen LogP contribution is -2.03. The molecular formula is C7H10O2S. The van der Waals surface area contributed by atoms with Crippen LogP contribution in [0.4, 0.5) is 0 Å². The fraction of sp³-hybridized carbons (Fsp3) is 0.429. The molecule has 0 bridgehead atoms. The molecule has 1 aromatic rings. The van der Waals surface area contributed by atoms with Crippen molar-refractivity contribution in [1.29, 1.82) is 0 Å². The van der Waals surface area contributed by atoms with E-state index in [1.165, 1.54) is 0 Å². The first-order chi connectivity index (χ1) is 4.88. The van der Waals surface area contributed by atoms with Crippen LogP contribution in [0.3, 0.4) is 0 Å². The van der Waals surface area contributed by atoms with E-state index in [0.717, 1.165) is 4.88 Å². The second kappa shape index (κ2) is 3.71. The van der Waals surface area contributed by atoms with E-state index in [2.05, 4.69) is 0 Å². The van der Waals surface area contributed by atoms with Gasteiger partial charge in [-0.2, -0.15) is 0 Å². The number of methoxy groups -OCH3 is 1. The molecular weight excluding hydrogens is 148 g/mol. The van der Waals surface area contributed by atoms with Crippen molar-refractivity contribution in [2.24, 2.45) is 0 Å². The zero-order valence-electron chi connectivity index (χ0n) is 5.78. The van der Waals surface area contributed by atoms with Gasteiger partial charge in [0.1, 0.15) is 6.10 Å². The lowest BCUT2D eigenvalue weighted by Gasteiger charge is -2.08. The highest BCUT2D eigenvalue weighted by atomic mass is 32.1. The number of thiophene rings is 1. The van der Waals surface area contributed by atoms with Crippen LogP contribution in [0.2, 0.25) is 0 Å². The molecule has 56 valence electrons. The van der Waals surface area contributed by atoms with Crippen molar-refractivity contribution >= 4 is 11.3 Å². The molecule has 2 nitrogen and oxygen atoms in total. The van der Waals surface area contributed by atoms with E-state index in [1.807, 2.05) is 17.5 Å². The van der Waals surface area contributed by atoms with E-state index in [4.69, 9.17) is 9.84 Å². The van der Waals surface area contributed by atoms with E-state index >= 15 is 0 Å². The molecule has 1 N–H and O–H groups in total.